The van der Waals surface area contributed by atoms with Gasteiger partial charge in [-0.1, -0.05) is 12.1 Å². The predicted molar refractivity (Wildman–Crippen MR) is 118 cm³/mol. The molecule has 132 valence electrons. The Labute approximate surface area is 165 Å². The van der Waals surface area contributed by atoms with Crippen LogP contribution in [0.5, 0.6) is 0 Å². The fraction of sp³-hybridized carbons (Fsp3) is 0.0909. The first kappa shape index (κ1) is 16.4. The molecule has 2 N–H and O–H groups in total. The van der Waals surface area contributed by atoms with E-state index in [-0.39, 0.29) is 0 Å². The van der Waals surface area contributed by atoms with Crippen molar-refractivity contribution in [3.8, 4) is 21.1 Å². The Balaban J connectivity index is 1.60. The molecular weight excluding hydrogens is 370 g/mol. The number of nitrogens with two attached hydrogens (primary N) is 1. The topological polar surface area (TPSA) is 51.8 Å². The summed E-state index contributed by atoms with van der Waals surface area (Å²) < 4.78 is 2.41. The van der Waals surface area contributed by atoms with Crippen molar-refractivity contribution in [2.75, 3.05) is 5.73 Å². The standard InChI is InChI=1S/C22H17N3S2/c1-12-3-9-19-20(13(12)2)25-22(27-19)15-6-10-18-17(11-15)24-21(26-18)14-4-7-16(23)8-5-14/h3-11H,23H2,1-2H3. The minimum Gasteiger partial charge on any atom is -0.399 e. The molecule has 5 rings (SSSR count). The van der Waals surface area contributed by atoms with Crippen molar-refractivity contribution >= 4 is 48.8 Å². The number of anilines is 1. The van der Waals surface area contributed by atoms with Gasteiger partial charge in [0.05, 0.1) is 20.4 Å². The molecule has 3 aromatic carbocycles. The highest BCUT2D eigenvalue weighted by molar-refractivity contribution is 7.22. The molecule has 0 atom stereocenters. The molecule has 0 radical (unpaired) electrons. The lowest BCUT2D eigenvalue weighted by molar-refractivity contribution is 1.34. The number of nitrogens with zero attached hydrogens (tertiary/aromatic N) is 2. The molecule has 0 bridgehead atoms. The summed E-state index contributed by atoms with van der Waals surface area (Å²) in [6.45, 7) is 4.28. The Hall–Kier alpha value is -2.76. The zero-order valence-corrected chi connectivity index (χ0v) is 16.6. The molecule has 0 fully saturated rings. The monoisotopic (exact) mass is 387 g/mol. The van der Waals surface area contributed by atoms with E-state index in [1.165, 1.54) is 20.5 Å². The highest BCUT2D eigenvalue weighted by Crippen LogP contribution is 2.36. The number of thiazole rings is 2. The van der Waals surface area contributed by atoms with Gasteiger partial charge < -0.3 is 5.73 Å². The van der Waals surface area contributed by atoms with Crippen LogP contribution >= 0.6 is 22.7 Å². The number of hydrogen-bond acceptors (Lipinski definition) is 5. The smallest absolute Gasteiger partial charge is 0.124 e. The highest BCUT2D eigenvalue weighted by atomic mass is 32.1. The van der Waals surface area contributed by atoms with Crippen molar-refractivity contribution in [1.82, 2.24) is 9.97 Å². The van der Waals surface area contributed by atoms with Crippen LogP contribution in [0.15, 0.2) is 54.6 Å². The molecule has 0 aliphatic carbocycles. The molecule has 5 heteroatoms. The molecule has 0 unspecified atom stereocenters. The van der Waals surface area contributed by atoms with E-state index < -0.39 is 0 Å². The maximum atomic E-state index is 5.79. The number of nitrogen functional groups attached to an aromatic ring is 1. The van der Waals surface area contributed by atoms with Crippen molar-refractivity contribution in [2.24, 2.45) is 0 Å². The van der Waals surface area contributed by atoms with E-state index in [2.05, 4.69) is 44.2 Å². The van der Waals surface area contributed by atoms with Gasteiger partial charge in [0.1, 0.15) is 10.0 Å². The van der Waals surface area contributed by atoms with Crippen molar-refractivity contribution in [3.63, 3.8) is 0 Å². The number of hydrogen-bond donors (Lipinski definition) is 1. The second-order valence-corrected chi connectivity index (χ2v) is 8.76. The summed E-state index contributed by atoms with van der Waals surface area (Å²) in [6.07, 6.45) is 0. The largest absolute Gasteiger partial charge is 0.399 e. The Morgan fingerprint density at radius 3 is 2.22 bits per heavy atom. The molecule has 3 nitrogen and oxygen atoms in total. The SMILES string of the molecule is Cc1ccc2sc(-c3ccc4sc(-c5ccc(N)cc5)nc4c3)nc2c1C. The summed E-state index contributed by atoms with van der Waals surface area (Å²) in [5.41, 5.74) is 13.4. The third kappa shape index (κ3) is 2.80. The summed E-state index contributed by atoms with van der Waals surface area (Å²) in [4.78, 5) is 9.74. The van der Waals surface area contributed by atoms with E-state index in [9.17, 15) is 0 Å². The van der Waals surface area contributed by atoms with E-state index >= 15 is 0 Å². The molecule has 27 heavy (non-hydrogen) atoms. The van der Waals surface area contributed by atoms with Crippen molar-refractivity contribution in [3.05, 3.63) is 65.7 Å². The normalized spacial score (nSPS) is 11.5. The number of fused-ring (bicyclic) bond motifs is 2. The second-order valence-electron chi connectivity index (χ2n) is 6.70. The first-order valence-electron chi connectivity index (χ1n) is 8.72. The number of aromatic nitrogens is 2. The first-order valence-corrected chi connectivity index (χ1v) is 10.4. The molecule has 0 saturated heterocycles. The summed E-state index contributed by atoms with van der Waals surface area (Å²) in [7, 11) is 0. The first-order chi connectivity index (χ1) is 13.1. The van der Waals surface area contributed by atoms with E-state index in [1.807, 2.05) is 24.3 Å². The Kier molecular flexibility index (Phi) is 3.74. The Bertz CT molecular complexity index is 1300. The van der Waals surface area contributed by atoms with Crippen LogP contribution in [-0.2, 0) is 0 Å². The minimum absolute atomic E-state index is 0.767. The van der Waals surface area contributed by atoms with Crippen LogP contribution in [-0.4, -0.2) is 9.97 Å². The highest BCUT2D eigenvalue weighted by Gasteiger charge is 2.12. The van der Waals surface area contributed by atoms with Crippen LogP contribution in [0.2, 0.25) is 0 Å². The van der Waals surface area contributed by atoms with Gasteiger partial charge in [0.15, 0.2) is 0 Å². The van der Waals surface area contributed by atoms with Crippen molar-refractivity contribution < 1.29 is 0 Å². The fourth-order valence-corrected chi connectivity index (χ4v) is 5.13. The molecular formula is C22H17N3S2. The fourth-order valence-electron chi connectivity index (χ4n) is 3.16. The van der Waals surface area contributed by atoms with Crippen LogP contribution in [0.3, 0.4) is 0 Å². The molecule has 0 saturated carbocycles. The van der Waals surface area contributed by atoms with Crippen molar-refractivity contribution in [2.45, 2.75) is 13.8 Å². The number of aryl methyl sites for hydroxylation is 2. The Morgan fingerprint density at radius 1 is 0.741 bits per heavy atom. The van der Waals surface area contributed by atoms with E-state index in [1.54, 1.807) is 22.7 Å². The Morgan fingerprint density at radius 2 is 1.41 bits per heavy atom. The van der Waals surface area contributed by atoms with Gasteiger partial charge in [0.2, 0.25) is 0 Å². The summed E-state index contributed by atoms with van der Waals surface area (Å²) in [5.74, 6) is 0. The average Bonchev–Trinajstić information content (AvgIpc) is 3.29. The molecule has 2 heterocycles. The predicted octanol–water partition coefficient (Wildman–Crippen LogP) is 6.44. The lowest BCUT2D eigenvalue weighted by Gasteiger charge is -1.98. The van der Waals surface area contributed by atoms with E-state index in [0.717, 1.165) is 37.9 Å². The molecule has 5 aromatic rings. The van der Waals surface area contributed by atoms with Gasteiger partial charge in [-0.25, -0.2) is 9.97 Å². The third-order valence-electron chi connectivity index (χ3n) is 4.88. The van der Waals surface area contributed by atoms with Crippen LogP contribution in [0.4, 0.5) is 5.69 Å². The second kappa shape index (κ2) is 6.15. The summed E-state index contributed by atoms with van der Waals surface area (Å²) in [6, 6.07) is 18.6. The lowest BCUT2D eigenvalue weighted by atomic mass is 10.1. The maximum absolute atomic E-state index is 5.79. The zero-order chi connectivity index (χ0) is 18.5. The minimum atomic E-state index is 0.767. The third-order valence-corrected chi connectivity index (χ3v) is 7.03. The van der Waals surface area contributed by atoms with E-state index in [0.29, 0.717) is 0 Å². The van der Waals surface area contributed by atoms with Crippen LogP contribution in [0.25, 0.3) is 41.6 Å². The van der Waals surface area contributed by atoms with Gasteiger partial charge in [-0.2, -0.15) is 0 Å². The maximum Gasteiger partial charge on any atom is 0.124 e. The van der Waals surface area contributed by atoms with Crippen LogP contribution < -0.4 is 5.73 Å². The van der Waals surface area contributed by atoms with Gasteiger partial charge in [0, 0.05) is 16.8 Å². The van der Waals surface area contributed by atoms with Crippen LogP contribution in [0.1, 0.15) is 11.1 Å². The van der Waals surface area contributed by atoms with Gasteiger partial charge in [-0.05, 0) is 67.4 Å². The number of rotatable bonds is 2. The van der Waals surface area contributed by atoms with Gasteiger partial charge in [-0.3, -0.25) is 0 Å². The molecule has 0 spiro atoms. The van der Waals surface area contributed by atoms with Crippen molar-refractivity contribution in [1.29, 1.82) is 0 Å². The van der Waals surface area contributed by atoms with Gasteiger partial charge in [0.25, 0.3) is 0 Å². The van der Waals surface area contributed by atoms with Gasteiger partial charge in [-0.15, -0.1) is 22.7 Å². The average molecular weight is 388 g/mol. The molecule has 2 aromatic heterocycles. The lowest BCUT2D eigenvalue weighted by Crippen LogP contribution is -1.83. The molecule has 0 amide bonds. The van der Waals surface area contributed by atoms with Gasteiger partial charge >= 0.3 is 0 Å². The quantitative estimate of drug-likeness (QED) is 0.355. The zero-order valence-electron chi connectivity index (χ0n) is 15.0. The molecule has 0 aliphatic heterocycles. The summed E-state index contributed by atoms with van der Waals surface area (Å²) >= 11 is 3.44. The molecule has 0 aliphatic rings. The number of benzene rings is 3. The van der Waals surface area contributed by atoms with E-state index in [4.69, 9.17) is 15.7 Å². The van der Waals surface area contributed by atoms with Crippen LogP contribution in [0, 0.1) is 13.8 Å². The summed E-state index contributed by atoms with van der Waals surface area (Å²) in [5, 5.41) is 2.06.